The van der Waals surface area contributed by atoms with E-state index in [1.165, 1.54) is 0 Å². The van der Waals surface area contributed by atoms with Gasteiger partial charge in [-0.3, -0.25) is 4.90 Å². The van der Waals surface area contributed by atoms with Crippen LogP contribution in [0.15, 0.2) is 12.3 Å². The maximum absolute atomic E-state index is 5.65. The minimum absolute atomic E-state index is 0.520. The molecule has 1 N–H and O–H groups in total. The first-order valence-electron chi connectivity index (χ1n) is 6.44. The van der Waals surface area contributed by atoms with Crippen LogP contribution in [0.3, 0.4) is 0 Å². The van der Waals surface area contributed by atoms with E-state index in [9.17, 15) is 0 Å². The van der Waals surface area contributed by atoms with E-state index in [0.29, 0.717) is 30.5 Å². The summed E-state index contributed by atoms with van der Waals surface area (Å²) in [5.41, 5.74) is 0. The molecule has 0 spiro atoms. The van der Waals surface area contributed by atoms with Crippen molar-refractivity contribution in [3.05, 3.63) is 12.3 Å². The fourth-order valence-electron chi connectivity index (χ4n) is 1.91. The zero-order chi connectivity index (χ0) is 13.5. The molecule has 0 aromatic carbocycles. The number of rotatable bonds is 7. The maximum atomic E-state index is 5.65. The van der Waals surface area contributed by atoms with Crippen molar-refractivity contribution in [2.75, 3.05) is 25.5 Å². The molecule has 5 nitrogen and oxygen atoms in total. The van der Waals surface area contributed by atoms with Crippen molar-refractivity contribution >= 4 is 5.95 Å². The van der Waals surface area contributed by atoms with Gasteiger partial charge in [0.05, 0.1) is 0 Å². The third kappa shape index (κ3) is 4.49. The highest BCUT2D eigenvalue weighted by Crippen LogP contribution is 2.09. The first-order chi connectivity index (χ1) is 8.54. The van der Waals surface area contributed by atoms with Crippen molar-refractivity contribution < 1.29 is 4.74 Å². The summed E-state index contributed by atoms with van der Waals surface area (Å²) >= 11 is 0. The molecule has 0 aliphatic carbocycles. The number of anilines is 1. The molecule has 18 heavy (non-hydrogen) atoms. The molecule has 0 aliphatic rings. The second kappa shape index (κ2) is 7.16. The molecular formula is C13H24N4O. The molecule has 1 aromatic heterocycles. The molecule has 0 saturated carbocycles. The van der Waals surface area contributed by atoms with Gasteiger partial charge in [0.15, 0.2) is 0 Å². The smallest absolute Gasteiger partial charge is 0.225 e. The zero-order valence-corrected chi connectivity index (χ0v) is 12.0. The Morgan fingerprint density at radius 1 is 1.28 bits per heavy atom. The van der Waals surface area contributed by atoms with Crippen molar-refractivity contribution in [1.29, 1.82) is 0 Å². The Kier molecular flexibility index (Phi) is 5.85. The van der Waals surface area contributed by atoms with E-state index in [0.717, 1.165) is 6.54 Å². The highest BCUT2D eigenvalue weighted by atomic mass is 16.5. The molecular weight excluding hydrogens is 228 g/mol. The van der Waals surface area contributed by atoms with Crippen molar-refractivity contribution in [1.82, 2.24) is 14.9 Å². The predicted molar refractivity (Wildman–Crippen MR) is 74.1 cm³/mol. The van der Waals surface area contributed by atoms with Crippen molar-refractivity contribution in [2.24, 2.45) is 0 Å². The highest BCUT2D eigenvalue weighted by Gasteiger charge is 2.12. The highest BCUT2D eigenvalue weighted by molar-refractivity contribution is 5.25. The molecule has 0 radical (unpaired) electrons. The second-order valence-electron chi connectivity index (χ2n) is 4.74. The maximum Gasteiger partial charge on any atom is 0.225 e. The quantitative estimate of drug-likeness (QED) is 0.804. The van der Waals surface area contributed by atoms with E-state index < -0.39 is 0 Å². The standard InChI is InChI=1S/C13H24N4O/c1-10(2)17(11(3)4)8-9-18-12-6-7-15-13(14-5)16-12/h6-7,10-11H,8-9H2,1-5H3,(H,14,15,16). The topological polar surface area (TPSA) is 50.3 Å². The fourth-order valence-corrected chi connectivity index (χ4v) is 1.91. The number of aromatic nitrogens is 2. The van der Waals surface area contributed by atoms with Gasteiger partial charge in [0.2, 0.25) is 11.8 Å². The van der Waals surface area contributed by atoms with Crippen LogP contribution >= 0.6 is 0 Å². The summed E-state index contributed by atoms with van der Waals surface area (Å²) in [6.45, 7) is 10.3. The molecule has 0 aliphatic heterocycles. The van der Waals surface area contributed by atoms with Crippen LogP contribution in [0.4, 0.5) is 5.95 Å². The predicted octanol–water partition coefficient (Wildman–Crippen LogP) is 2.02. The minimum Gasteiger partial charge on any atom is -0.476 e. The third-order valence-electron chi connectivity index (χ3n) is 2.78. The first-order valence-corrected chi connectivity index (χ1v) is 6.44. The van der Waals surface area contributed by atoms with Crippen molar-refractivity contribution in [3.8, 4) is 5.88 Å². The normalized spacial score (nSPS) is 11.3. The summed E-state index contributed by atoms with van der Waals surface area (Å²) < 4.78 is 5.65. The summed E-state index contributed by atoms with van der Waals surface area (Å²) in [6.07, 6.45) is 1.69. The van der Waals surface area contributed by atoms with E-state index in [4.69, 9.17) is 4.74 Å². The Balaban J connectivity index is 2.44. The van der Waals surface area contributed by atoms with Gasteiger partial charge < -0.3 is 10.1 Å². The van der Waals surface area contributed by atoms with E-state index in [1.54, 1.807) is 19.3 Å². The number of hydrogen-bond acceptors (Lipinski definition) is 5. The van der Waals surface area contributed by atoms with E-state index in [1.807, 2.05) is 0 Å². The summed E-state index contributed by atoms with van der Waals surface area (Å²) in [5.74, 6) is 1.19. The van der Waals surface area contributed by atoms with Crippen LogP contribution in [0, 0.1) is 0 Å². The largest absolute Gasteiger partial charge is 0.476 e. The summed E-state index contributed by atoms with van der Waals surface area (Å²) in [6, 6.07) is 2.81. The molecule has 102 valence electrons. The zero-order valence-electron chi connectivity index (χ0n) is 12.0. The number of nitrogens with zero attached hydrogens (tertiary/aromatic N) is 3. The number of nitrogens with one attached hydrogen (secondary N) is 1. The van der Waals surface area contributed by atoms with Crippen LogP contribution in [0.1, 0.15) is 27.7 Å². The van der Waals surface area contributed by atoms with E-state index in [-0.39, 0.29) is 0 Å². The summed E-state index contributed by atoms with van der Waals surface area (Å²) in [4.78, 5) is 10.6. The van der Waals surface area contributed by atoms with Gasteiger partial charge in [-0.1, -0.05) is 0 Å². The van der Waals surface area contributed by atoms with Gasteiger partial charge in [0, 0.05) is 37.9 Å². The lowest BCUT2D eigenvalue weighted by atomic mass is 10.2. The lowest BCUT2D eigenvalue weighted by Crippen LogP contribution is -2.39. The molecule has 0 unspecified atom stereocenters. The third-order valence-corrected chi connectivity index (χ3v) is 2.78. The molecule has 0 atom stereocenters. The van der Waals surface area contributed by atoms with Crippen LogP contribution < -0.4 is 10.1 Å². The van der Waals surface area contributed by atoms with Gasteiger partial charge in [-0.2, -0.15) is 4.98 Å². The van der Waals surface area contributed by atoms with Gasteiger partial charge >= 0.3 is 0 Å². The average molecular weight is 252 g/mol. The molecule has 1 rings (SSSR count). The SMILES string of the molecule is CNc1nccc(OCCN(C(C)C)C(C)C)n1. The van der Waals surface area contributed by atoms with Gasteiger partial charge in [0.25, 0.3) is 0 Å². The Morgan fingerprint density at radius 2 is 1.94 bits per heavy atom. The number of hydrogen-bond donors (Lipinski definition) is 1. The van der Waals surface area contributed by atoms with Crippen LogP contribution in [0.25, 0.3) is 0 Å². The molecule has 5 heteroatoms. The summed E-state index contributed by atoms with van der Waals surface area (Å²) in [5, 5.41) is 2.89. The van der Waals surface area contributed by atoms with Gasteiger partial charge in [-0.15, -0.1) is 0 Å². The molecule has 0 fully saturated rings. The van der Waals surface area contributed by atoms with Crippen LogP contribution in [-0.2, 0) is 0 Å². The monoisotopic (exact) mass is 252 g/mol. The molecule has 1 heterocycles. The van der Waals surface area contributed by atoms with Gasteiger partial charge in [-0.05, 0) is 27.7 Å². The second-order valence-corrected chi connectivity index (χ2v) is 4.74. The van der Waals surface area contributed by atoms with Gasteiger partial charge in [-0.25, -0.2) is 4.98 Å². The van der Waals surface area contributed by atoms with Crippen molar-refractivity contribution in [2.45, 2.75) is 39.8 Å². The Labute approximate surface area is 110 Å². The van der Waals surface area contributed by atoms with Gasteiger partial charge in [0.1, 0.15) is 6.61 Å². The molecule has 0 bridgehead atoms. The van der Waals surface area contributed by atoms with Crippen LogP contribution in [0.5, 0.6) is 5.88 Å². The van der Waals surface area contributed by atoms with Crippen LogP contribution in [0.2, 0.25) is 0 Å². The Hall–Kier alpha value is -1.36. The fraction of sp³-hybridized carbons (Fsp3) is 0.692. The molecule has 0 amide bonds. The lowest BCUT2D eigenvalue weighted by molar-refractivity contribution is 0.140. The van der Waals surface area contributed by atoms with Crippen molar-refractivity contribution in [3.63, 3.8) is 0 Å². The van der Waals surface area contributed by atoms with E-state index >= 15 is 0 Å². The lowest BCUT2D eigenvalue weighted by Gasteiger charge is -2.30. The van der Waals surface area contributed by atoms with Crippen LogP contribution in [-0.4, -0.2) is 47.2 Å². The Morgan fingerprint density at radius 3 is 2.50 bits per heavy atom. The Bertz CT molecular complexity index is 347. The molecule has 1 aromatic rings. The van der Waals surface area contributed by atoms with E-state index in [2.05, 4.69) is 47.9 Å². The first kappa shape index (κ1) is 14.7. The molecule has 0 saturated heterocycles. The average Bonchev–Trinajstić information content (AvgIpc) is 2.34. The summed E-state index contributed by atoms with van der Waals surface area (Å²) in [7, 11) is 1.79. The minimum atomic E-state index is 0.520. The number of ether oxygens (including phenoxy) is 1.